The van der Waals surface area contributed by atoms with E-state index in [1.54, 1.807) is 7.11 Å². The highest BCUT2D eigenvalue weighted by atomic mass is 32.2. The molecule has 0 heterocycles. The zero-order chi connectivity index (χ0) is 15.9. The number of benzene rings is 1. The van der Waals surface area contributed by atoms with E-state index in [1.165, 1.54) is 25.3 Å². The molecule has 0 fully saturated rings. The van der Waals surface area contributed by atoms with Crippen LogP contribution in [0.4, 0.5) is 0 Å². The minimum Gasteiger partial charge on any atom is -0.385 e. The van der Waals surface area contributed by atoms with Crippen molar-refractivity contribution in [3.05, 3.63) is 29.3 Å². The highest BCUT2D eigenvalue weighted by molar-refractivity contribution is 7.89. The minimum atomic E-state index is -3.92. The number of carbonyl (C=O) groups is 1. The van der Waals surface area contributed by atoms with Gasteiger partial charge in [-0.2, -0.15) is 0 Å². The lowest BCUT2D eigenvalue weighted by Gasteiger charge is -2.10. The summed E-state index contributed by atoms with van der Waals surface area (Å²) in [6.07, 6.45) is 0.673. The summed E-state index contributed by atoms with van der Waals surface area (Å²) in [5, 5.41) is 7.84. The maximum atomic E-state index is 11.9. The molecule has 0 aliphatic heterocycles. The fourth-order valence-electron chi connectivity index (χ4n) is 1.76. The first-order valence-electron chi connectivity index (χ1n) is 6.32. The average molecular weight is 316 g/mol. The first kappa shape index (κ1) is 17.6. The van der Waals surface area contributed by atoms with Gasteiger partial charge in [0, 0.05) is 32.9 Å². The van der Waals surface area contributed by atoms with Crippen molar-refractivity contribution in [3.63, 3.8) is 0 Å². The summed E-state index contributed by atoms with van der Waals surface area (Å²) in [6, 6.07) is 4.32. The average Bonchev–Trinajstić information content (AvgIpc) is 2.43. The zero-order valence-electron chi connectivity index (χ0n) is 12.1. The highest BCUT2D eigenvalue weighted by Crippen LogP contribution is 2.17. The Morgan fingerprint density at radius 1 is 1.29 bits per heavy atom. The van der Waals surface area contributed by atoms with Crippen LogP contribution >= 0.6 is 0 Å². The Bertz CT molecular complexity index is 586. The van der Waals surface area contributed by atoms with Crippen molar-refractivity contribution in [2.45, 2.75) is 17.9 Å². The van der Waals surface area contributed by atoms with E-state index < -0.39 is 10.0 Å². The van der Waals surface area contributed by atoms with Crippen LogP contribution in [0.25, 0.3) is 0 Å². The van der Waals surface area contributed by atoms with Crippen LogP contribution in [0.5, 0.6) is 0 Å². The number of hydrogen-bond donors (Lipinski definition) is 2. The van der Waals surface area contributed by atoms with E-state index >= 15 is 0 Å². The van der Waals surface area contributed by atoms with Crippen LogP contribution < -0.4 is 10.5 Å². The summed E-state index contributed by atoms with van der Waals surface area (Å²) in [5.41, 5.74) is 0.646. The lowest BCUT2D eigenvalue weighted by molar-refractivity contribution is 0.0948. The maximum absolute atomic E-state index is 11.9. The zero-order valence-corrected chi connectivity index (χ0v) is 12.9. The summed E-state index contributed by atoms with van der Waals surface area (Å²) in [5.74, 6) is -0.361. The van der Waals surface area contributed by atoms with Crippen LogP contribution in [-0.4, -0.2) is 41.7 Å². The normalized spacial score (nSPS) is 11.4. The lowest BCUT2D eigenvalue weighted by atomic mass is 10.1. The Morgan fingerprint density at radius 2 is 2.00 bits per heavy atom. The van der Waals surface area contributed by atoms with Gasteiger partial charge in [-0.05, 0) is 24.1 Å². The van der Waals surface area contributed by atoms with Gasteiger partial charge in [-0.25, -0.2) is 13.6 Å². The van der Waals surface area contributed by atoms with Gasteiger partial charge < -0.3 is 14.8 Å². The van der Waals surface area contributed by atoms with Crippen molar-refractivity contribution in [1.29, 1.82) is 0 Å². The molecule has 0 aromatic heterocycles. The molecule has 1 aromatic carbocycles. The van der Waals surface area contributed by atoms with Crippen LogP contribution in [0, 0.1) is 0 Å². The second-order valence-corrected chi connectivity index (χ2v) is 5.93. The predicted octanol–water partition coefficient (Wildman–Crippen LogP) is 0.247. The van der Waals surface area contributed by atoms with Crippen LogP contribution in [-0.2, 0) is 26.1 Å². The number of ether oxygens (including phenoxy) is 2. The fraction of sp³-hybridized carbons (Fsp3) is 0.462. The van der Waals surface area contributed by atoms with Gasteiger partial charge in [-0.15, -0.1) is 0 Å². The van der Waals surface area contributed by atoms with Crippen LogP contribution in [0.1, 0.15) is 22.3 Å². The van der Waals surface area contributed by atoms with E-state index in [0.717, 1.165) is 0 Å². The first-order valence-corrected chi connectivity index (χ1v) is 7.86. The van der Waals surface area contributed by atoms with Crippen LogP contribution in [0.2, 0.25) is 0 Å². The molecule has 0 atom stereocenters. The molecule has 0 spiro atoms. The van der Waals surface area contributed by atoms with E-state index in [-0.39, 0.29) is 23.0 Å². The molecule has 0 bridgehead atoms. The fourth-order valence-corrected chi connectivity index (χ4v) is 2.54. The molecule has 0 saturated carbocycles. The summed E-state index contributed by atoms with van der Waals surface area (Å²) in [6.45, 7) is 1.08. The molecule has 0 saturated heterocycles. The standard InChI is InChI=1S/C13H20N2O5S/c1-19-7-3-6-15-13(16)10-4-5-11(9-20-2)12(8-10)21(14,17)18/h4-5,8H,3,6-7,9H2,1-2H3,(H,15,16)(H2,14,17,18). The molecule has 3 N–H and O–H groups in total. The van der Waals surface area contributed by atoms with Gasteiger partial charge in [0.25, 0.3) is 5.91 Å². The number of hydrogen-bond acceptors (Lipinski definition) is 5. The van der Waals surface area contributed by atoms with E-state index in [4.69, 9.17) is 14.6 Å². The molecule has 1 rings (SSSR count). The van der Waals surface area contributed by atoms with Gasteiger partial charge >= 0.3 is 0 Å². The Balaban J connectivity index is 2.92. The molecule has 118 valence electrons. The van der Waals surface area contributed by atoms with Gasteiger partial charge in [0.2, 0.25) is 10.0 Å². The largest absolute Gasteiger partial charge is 0.385 e. The van der Waals surface area contributed by atoms with E-state index in [9.17, 15) is 13.2 Å². The van der Waals surface area contributed by atoms with Crippen molar-refractivity contribution >= 4 is 15.9 Å². The second kappa shape index (κ2) is 8.08. The molecule has 0 aliphatic rings. The Morgan fingerprint density at radius 3 is 2.57 bits per heavy atom. The number of carbonyl (C=O) groups excluding carboxylic acids is 1. The number of nitrogens with one attached hydrogen (secondary N) is 1. The van der Waals surface area contributed by atoms with E-state index in [1.807, 2.05) is 0 Å². The second-order valence-electron chi connectivity index (χ2n) is 4.40. The third kappa shape index (κ3) is 5.43. The number of rotatable bonds is 8. The molecule has 0 unspecified atom stereocenters. The summed E-state index contributed by atoms with van der Waals surface area (Å²) in [4.78, 5) is 11.8. The molecule has 8 heteroatoms. The lowest BCUT2D eigenvalue weighted by Crippen LogP contribution is -2.26. The number of methoxy groups -OCH3 is 2. The SMILES string of the molecule is COCCCNC(=O)c1ccc(COC)c(S(N)(=O)=O)c1. The Kier molecular flexibility index (Phi) is 6.76. The van der Waals surface area contributed by atoms with Crippen molar-refractivity contribution in [2.24, 2.45) is 5.14 Å². The molecule has 1 amide bonds. The van der Waals surface area contributed by atoms with Gasteiger partial charge in [-0.3, -0.25) is 4.79 Å². The molecular weight excluding hydrogens is 296 g/mol. The monoisotopic (exact) mass is 316 g/mol. The van der Waals surface area contributed by atoms with E-state index in [2.05, 4.69) is 5.32 Å². The van der Waals surface area contributed by atoms with Crippen molar-refractivity contribution in [3.8, 4) is 0 Å². The predicted molar refractivity (Wildman–Crippen MR) is 77.4 cm³/mol. The van der Waals surface area contributed by atoms with Gasteiger partial charge in [0.05, 0.1) is 11.5 Å². The number of amides is 1. The molecule has 21 heavy (non-hydrogen) atoms. The number of sulfonamides is 1. The van der Waals surface area contributed by atoms with Gasteiger partial charge in [0.1, 0.15) is 0 Å². The number of primary sulfonamides is 1. The Labute approximate surface area is 124 Å². The third-order valence-corrected chi connectivity index (χ3v) is 3.74. The first-order chi connectivity index (χ1) is 9.90. The van der Waals surface area contributed by atoms with Crippen molar-refractivity contribution in [2.75, 3.05) is 27.4 Å². The molecule has 1 aromatic rings. The van der Waals surface area contributed by atoms with Crippen LogP contribution in [0.3, 0.4) is 0 Å². The van der Waals surface area contributed by atoms with Crippen molar-refractivity contribution in [1.82, 2.24) is 5.32 Å². The van der Waals surface area contributed by atoms with Crippen molar-refractivity contribution < 1.29 is 22.7 Å². The topological polar surface area (TPSA) is 108 Å². The summed E-state index contributed by atoms with van der Waals surface area (Å²) >= 11 is 0. The van der Waals surface area contributed by atoms with Crippen LogP contribution in [0.15, 0.2) is 23.1 Å². The third-order valence-electron chi connectivity index (χ3n) is 2.75. The van der Waals surface area contributed by atoms with E-state index in [0.29, 0.717) is 25.1 Å². The van der Waals surface area contributed by atoms with Gasteiger partial charge in [0.15, 0.2) is 0 Å². The summed E-state index contributed by atoms with van der Waals surface area (Å²) in [7, 11) is -0.895. The minimum absolute atomic E-state index is 0.0987. The molecular formula is C13H20N2O5S. The quantitative estimate of drug-likeness (QED) is 0.668. The molecule has 0 radical (unpaired) electrons. The summed E-state index contributed by atoms with van der Waals surface area (Å²) < 4.78 is 32.9. The highest BCUT2D eigenvalue weighted by Gasteiger charge is 2.17. The van der Waals surface area contributed by atoms with Gasteiger partial charge in [-0.1, -0.05) is 6.07 Å². The smallest absolute Gasteiger partial charge is 0.251 e. The number of nitrogens with two attached hydrogens (primary N) is 1. The maximum Gasteiger partial charge on any atom is 0.251 e. The molecule has 7 nitrogen and oxygen atoms in total. The Hall–Kier alpha value is -1.48. The molecule has 0 aliphatic carbocycles.